The number of benzene rings is 2. The van der Waals surface area contributed by atoms with Crippen molar-refractivity contribution < 1.29 is 4.79 Å². The van der Waals surface area contributed by atoms with Gasteiger partial charge in [0.15, 0.2) is 5.78 Å². The summed E-state index contributed by atoms with van der Waals surface area (Å²) in [4.78, 5) is 16.0. The monoisotopic (exact) mass is 302 g/mol. The van der Waals surface area contributed by atoms with Crippen molar-refractivity contribution in [3.63, 3.8) is 0 Å². The van der Waals surface area contributed by atoms with Gasteiger partial charge >= 0.3 is 0 Å². The fraction of sp³-hybridized carbons (Fsp3) is 0.150. The van der Waals surface area contributed by atoms with Crippen molar-refractivity contribution in [2.75, 3.05) is 0 Å². The normalized spacial score (nSPS) is 10.7. The smallest absolute Gasteiger partial charge is 0.159 e. The molecule has 0 radical (unpaired) electrons. The highest BCUT2D eigenvalue weighted by molar-refractivity contribution is 5.94. The third-order valence-electron chi connectivity index (χ3n) is 4.01. The van der Waals surface area contributed by atoms with Crippen LogP contribution >= 0.6 is 0 Å². The summed E-state index contributed by atoms with van der Waals surface area (Å²) < 4.78 is 0. The number of Topliss-reactive ketones (excluding diaryl/α,β-unsaturated/α-hetero) is 1. The number of ketones is 1. The molecule has 0 aliphatic heterocycles. The van der Waals surface area contributed by atoms with Gasteiger partial charge in [-0.25, -0.2) is 0 Å². The summed E-state index contributed by atoms with van der Waals surface area (Å²) in [5, 5.41) is 9.60. The SMILES string of the molecule is CC(=O)c1ccc(Cc2ncc(CC=N)c3ccccc23)cc1. The van der Waals surface area contributed by atoms with Crippen LogP contribution in [0.25, 0.3) is 10.8 Å². The average molecular weight is 302 g/mol. The van der Waals surface area contributed by atoms with Crippen LogP contribution in [0.3, 0.4) is 0 Å². The minimum atomic E-state index is 0.0797. The van der Waals surface area contributed by atoms with Crippen LogP contribution < -0.4 is 0 Å². The van der Waals surface area contributed by atoms with E-state index < -0.39 is 0 Å². The number of carbonyl (C=O) groups is 1. The zero-order valence-corrected chi connectivity index (χ0v) is 13.0. The van der Waals surface area contributed by atoms with Gasteiger partial charge in [-0.1, -0.05) is 48.5 Å². The summed E-state index contributed by atoms with van der Waals surface area (Å²) in [5.74, 6) is 0.0797. The molecule has 1 heterocycles. The lowest BCUT2D eigenvalue weighted by Gasteiger charge is -2.09. The summed E-state index contributed by atoms with van der Waals surface area (Å²) >= 11 is 0. The zero-order chi connectivity index (χ0) is 16.2. The summed E-state index contributed by atoms with van der Waals surface area (Å²) in [6, 6.07) is 15.9. The van der Waals surface area contributed by atoms with Gasteiger partial charge in [0.2, 0.25) is 0 Å². The predicted octanol–water partition coefficient (Wildman–Crippen LogP) is 4.22. The van der Waals surface area contributed by atoms with E-state index in [4.69, 9.17) is 5.41 Å². The Kier molecular flexibility index (Phi) is 4.29. The fourth-order valence-corrected chi connectivity index (χ4v) is 2.77. The van der Waals surface area contributed by atoms with Crippen LogP contribution in [0.15, 0.2) is 54.7 Å². The molecule has 3 rings (SSSR count). The Labute approximate surface area is 135 Å². The third-order valence-corrected chi connectivity index (χ3v) is 4.01. The Bertz CT molecular complexity index is 866. The van der Waals surface area contributed by atoms with E-state index in [2.05, 4.69) is 17.1 Å². The van der Waals surface area contributed by atoms with Gasteiger partial charge in [0, 0.05) is 30.0 Å². The van der Waals surface area contributed by atoms with E-state index in [1.807, 2.05) is 42.6 Å². The van der Waals surface area contributed by atoms with Gasteiger partial charge in [0.25, 0.3) is 0 Å². The number of hydrogen-bond donors (Lipinski definition) is 1. The summed E-state index contributed by atoms with van der Waals surface area (Å²) in [6.07, 6.45) is 4.60. The molecule has 0 saturated heterocycles. The number of carbonyl (C=O) groups excluding carboxylic acids is 1. The molecule has 3 nitrogen and oxygen atoms in total. The molecule has 3 heteroatoms. The van der Waals surface area contributed by atoms with Crippen molar-refractivity contribution in [1.29, 1.82) is 5.41 Å². The van der Waals surface area contributed by atoms with Crippen LogP contribution in [0.2, 0.25) is 0 Å². The molecule has 0 amide bonds. The molecule has 0 atom stereocenters. The summed E-state index contributed by atoms with van der Waals surface area (Å²) in [6.45, 7) is 1.58. The lowest BCUT2D eigenvalue weighted by Crippen LogP contribution is -1.99. The molecule has 0 aliphatic rings. The summed E-state index contributed by atoms with van der Waals surface area (Å²) in [7, 11) is 0. The van der Waals surface area contributed by atoms with Crippen LogP contribution in [-0.2, 0) is 12.8 Å². The quantitative estimate of drug-likeness (QED) is 0.566. The van der Waals surface area contributed by atoms with E-state index in [0.29, 0.717) is 6.42 Å². The molecule has 1 aromatic heterocycles. The number of nitrogens with zero attached hydrogens (tertiary/aromatic N) is 1. The lowest BCUT2D eigenvalue weighted by atomic mass is 9.99. The topological polar surface area (TPSA) is 53.8 Å². The number of aromatic nitrogens is 1. The van der Waals surface area contributed by atoms with Crippen molar-refractivity contribution in [2.24, 2.45) is 0 Å². The van der Waals surface area contributed by atoms with Crippen molar-refractivity contribution in [1.82, 2.24) is 4.98 Å². The van der Waals surface area contributed by atoms with E-state index in [9.17, 15) is 4.79 Å². The number of pyridine rings is 1. The van der Waals surface area contributed by atoms with Crippen LogP contribution in [0.5, 0.6) is 0 Å². The molecule has 0 unspecified atom stereocenters. The van der Waals surface area contributed by atoms with E-state index in [1.54, 1.807) is 6.92 Å². The molecule has 1 N–H and O–H groups in total. The van der Waals surface area contributed by atoms with Gasteiger partial charge in [-0.15, -0.1) is 0 Å². The van der Waals surface area contributed by atoms with Crippen molar-refractivity contribution in [3.05, 3.63) is 77.1 Å². The molecule has 0 spiro atoms. The number of fused-ring (bicyclic) bond motifs is 1. The molecule has 0 saturated carbocycles. The fourth-order valence-electron chi connectivity index (χ4n) is 2.77. The second-order valence-corrected chi connectivity index (χ2v) is 5.61. The van der Waals surface area contributed by atoms with Gasteiger partial charge in [0.1, 0.15) is 0 Å². The largest absolute Gasteiger partial charge is 0.313 e. The van der Waals surface area contributed by atoms with Gasteiger partial charge in [-0.3, -0.25) is 9.78 Å². The highest BCUT2D eigenvalue weighted by Crippen LogP contribution is 2.23. The second kappa shape index (κ2) is 6.53. The van der Waals surface area contributed by atoms with Crippen LogP contribution in [0, 0.1) is 5.41 Å². The highest BCUT2D eigenvalue weighted by atomic mass is 16.1. The van der Waals surface area contributed by atoms with Crippen molar-refractivity contribution in [2.45, 2.75) is 19.8 Å². The molecule has 3 aromatic rings. The molecule has 0 bridgehead atoms. The van der Waals surface area contributed by atoms with Crippen molar-refractivity contribution in [3.8, 4) is 0 Å². The van der Waals surface area contributed by atoms with Crippen LogP contribution in [0.4, 0.5) is 0 Å². The molecule has 0 fully saturated rings. The Hall–Kier alpha value is -2.81. The zero-order valence-electron chi connectivity index (χ0n) is 13.0. The maximum atomic E-state index is 11.4. The maximum Gasteiger partial charge on any atom is 0.159 e. The van der Waals surface area contributed by atoms with Gasteiger partial charge in [-0.2, -0.15) is 0 Å². The van der Waals surface area contributed by atoms with E-state index in [0.717, 1.165) is 39.6 Å². The maximum absolute atomic E-state index is 11.4. The number of nitrogens with one attached hydrogen (secondary N) is 1. The molecular weight excluding hydrogens is 284 g/mol. The van der Waals surface area contributed by atoms with Gasteiger partial charge < -0.3 is 5.41 Å². The first-order valence-corrected chi connectivity index (χ1v) is 7.63. The van der Waals surface area contributed by atoms with Crippen LogP contribution in [0.1, 0.15) is 34.1 Å². The molecule has 2 aromatic carbocycles. The summed E-state index contributed by atoms with van der Waals surface area (Å²) in [5.41, 5.74) is 3.96. The van der Waals surface area contributed by atoms with E-state index in [1.165, 1.54) is 6.21 Å². The minimum Gasteiger partial charge on any atom is -0.313 e. The first-order valence-electron chi connectivity index (χ1n) is 7.63. The Morgan fingerprint density at radius 1 is 1.09 bits per heavy atom. The standard InChI is InChI=1S/C20H18N2O/c1-14(23)16-8-6-15(7-9-16)12-20-19-5-3-2-4-18(19)17(10-11-21)13-22-20/h2-9,11,13,21H,10,12H2,1H3. The number of hydrogen-bond acceptors (Lipinski definition) is 3. The van der Waals surface area contributed by atoms with Gasteiger partial charge in [0.05, 0.1) is 5.69 Å². The molecule has 23 heavy (non-hydrogen) atoms. The third kappa shape index (κ3) is 3.19. The Balaban J connectivity index is 1.98. The molecular formula is C20H18N2O. The second-order valence-electron chi connectivity index (χ2n) is 5.61. The van der Waals surface area contributed by atoms with E-state index in [-0.39, 0.29) is 5.78 Å². The average Bonchev–Trinajstić information content (AvgIpc) is 2.58. The first-order chi connectivity index (χ1) is 11.2. The Morgan fingerprint density at radius 2 is 1.78 bits per heavy atom. The van der Waals surface area contributed by atoms with E-state index >= 15 is 0 Å². The highest BCUT2D eigenvalue weighted by Gasteiger charge is 2.08. The van der Waals surface area contributed by atoms with Crippen molar-refractivity contribution >= 4 is 22.8 Å². The first kappa shape index (κ1) is 15.1. The number of rotatable bonds is 5. The minimum absolute atomic E-state index is 0.0797. The molecule has 0 aliphatic carbocycles. The van der Waals surface area contributed by atoms with Crippen LogP contribution in [-0.4, -0.2) is 17.0 Å². The predicted molar refractivity (Wildman–Crippen MR) is 93.5 cm³/mol. The lowest BCUT2D eigenvalue weighted by molar-refractivity contribution is 0.101. The molecule has 114 valence electrons. The van der Waals surface area contributed by atoms with Gasteiger partial charge in [-0.05, 0) is 29.7 Å². The Morgan fingerprint density at radius 3 is 2.43 bits per heavy atom.